The van der Waals surface area contributed by atoms with Crippen molar-refractivity contribution in [2.45, 2.75) is 39.2 Å². The molecule has 3 N–H and O–H groups in total. The fourth-order valence-electron chi connectivity index (χ4n) is 1.57. The van der Waals surface area contributed by atoms with Crippen molar-refractivity contribution in [3.05, 3.63) is 23.0 Å². The third-order valence-corrected chi connectivity index (χ3v) is 3.20. The van der Waals surface area contributed by atoms with Gasteiger partial charge in [0.2, 0.25) is 0 Å². The summed E-state index contributed by atoms with van der Waals surface area (Å²) in [7, 11) is 0. The van der Waals surface area contributed by atoms with Crippen LogP contribution >= 0.6 is 11.6 Å². The van der Waals surface area contributed by atoms with Crippen molar-refractivity contribution in [1.29, 1.82) is 0 Å². The standard InChI is InChI=1S/C13H18ClN3O3/c1-8-9(14)6-15-7-10(8)16-12(20)17-13(2,3)5-4-11(18)19/h6-7H,4-5H2,1-3H3,(H,18,19)(H2,16,17,20). The van der Waals surface area contributed by atoms with E-state index in [0.29, 0.717) is 17.1 Å². The van der Waals surface area contributed by atoms with Crippen LogP contribution in [0.4, 0.5) is 10.5 Å². The first kappa shape index (κ1) is 16.2. The van der Waals surface area contributed by atoms with Gasteiger partial charge in [0, 0.05) is 18.2 Å². The van der Waals surface area contributed by atoms with Crippen molar-refractivity contribution in [2.75, 3.05) is 5.32 Å². The Bertz CT molecular complexity index is 518. The van der Waals surface area contributed by atoms with Gasteiger partial charge in [0.05, 0.1) is 16.9 Å². The molecule has 1 aromatic rings. The van der Waals surface area contributed by atoms with Gasteiger partial charge in [-0.15, -0.1) is 0 Å². The van der Waals surface area contributed by atoms with E-state index in [1.54, 1.807) is 20.8 Å². The molecule has 1 rings (SSSR count). The first-order chi connectivity index (χ1) is 9.21. The second kappa shape index (κ2) is 6.56. The van der Waals surface area contributed by atoms with Crippen LogP contribution < -0.4 is 10.6 Å². The van der Waals surface area contributed by atoms with Gasteiger partial charge >= 0.3 is 12.0 Å². The van der Waals surface area contributed by atoms with E-state index in [-0.39, 0.29) is 6.42 Å². The fraction of sp³-hybridized carbons (Fsp3) is 0.462. The number of halogens is 1. The zero-order chi connectivity index (χ0) is 15.3. The number of nitrogens with one attached hydrogen (secondary N) is 2. The smallest absolute Gasteiger partial charge is 0.319 e. The highest BCUT2D eigenvalue weighted by atomic mass is 35.5. The van der Waals surface area contributed by atoms with Crippen LogP contribution in [-0.2, 0) is 4.79 Å². The Hall–Kier alpha value is -1.82. The molecule has 0 aliphatic heterocycles. The van der Waals surface area contributed by atoms with E-state index in [2.05, 4.69) is 15.6 Å². The molecule has 7 heteroatoms. The SMILES string of the molecule is Cc1c(Cl)cncc1NC(=O)NC(C)(C)CCC(=O)O. The number of rotatable bonds is 5. The summed E-state index contributed by atoms with van der Waals surface area (Å²) in [5.41, 5.74) is 0.617. The Morgan fingerprint density at radius 2 is 2.05 bits per heavy atom. The number of aromatic nitrogens is 1. The molecule has 1 heterocycles. The van der Waals surface area contributed by atoms with Gasteiger partial charge < -0.3 is 15.7 Å². The molecule has 0 aliphatic rings. The second-order valence-corrected chi connectivity index (χ2v) is 5.56. The lowest BCUT2D eigenvalue weighted by molar-refractivity contribution is -0.137. The van der Waals surface area contributed by atoms with E-state index in [1.807, 2.05) is 0 Å². The lowest BCUT2D eigenvalue weighted by Crippen LogP contribution is -2.45. The summed E-state index contributed by atoms with van der Waals surface area (Å²) in [6.45, 7) is 5.30. The molecule has 0 bridgehead atoms. The summed E-state index contributed by atoms with van der Waals surface area (Å²) in [6.07, 6.45) is 3.33. The average Bonchev–Trinajstić information content (AvgIpc) is 2.32. The number of hydrogen-bond acceptors (Lipinski definition) is 3. The molecule has 1 aromatic heterocycles. The molecule has 110 valence electrons. The van der Waals surface area contributed by atoms with E-state index in [4.69, 9.17) is 16.7 Å². The minimum Gasteiger partial charge on any atom is -0.481 e. The maximum absolute atomic E-state index is 11.9. The van der Waals surface area contributed by atoms with Crippen molar-refractivity contribution >= 4 is 29.3 Å². The highest BCUT2D eigenvalue weighted by molar-refractivity contribution is 6.31. The van der Waals surface area contributed by atoms with Gasteiger partial charge in [-0.25, -0.2) is 4.79 Å². The molecule has 2 amide bonds. The normalized spacial score (nSPS) is 11.0. The van der Waals surface area contributed by atoms with Crippen LogP contribution in [0.2, 0.25) is 5.02 Å². The lowest BCUT2D eigenvalue weighted by Gasteiger charge is -2.25. The highest BCUT2D eigenvalue weighted by Crippen LogP contribution is 2.21. The Kier molecular flexibility index (Phi) is 5.33. The van der Waals surface area contributed by atoms with Crippen LogP contribution in [0.1, 0.15) is 32.3 Å². The quantitative estimate of drug-likeness (QED) is 0.779. The van der Waals surface area contributed by atoms with Gasteiger partial charge in [0.1, 0.15) is 0 Å². The predicted octanol–water partition coefficient (Wildman–Crippen LogP) is 2.81. The van der Waals surface area contributed by atoms with Gasteiger partial charge in [-0.3, -0.25) is 9.78 Å². The third-order valence-electron chi connectivity index (χ3n) is 2.82. The number of anilines is 1. The maximum Gasteiger partial charge on any atom is 0.319 e. The predicted molar refractivity (Wildman–Crippen MR) is 77.1 cm³/mol. The van der Waals surface area contributed by atoms with Crippen LogP contribution in [0.25, 0.3) is 0 Å². The molecule has 0 aromatic carbocycles. The number of carbonyl (C=O) groups is 2. The molecule has 0 fully saturated rings. The molecule has 20 heavy (non-hydrogen) atoms. The van der Waals surface area contributed by atoms with Crippen LogP contribution in [-0.4, -0.2) is 27.6 Å². The number of carboxylic acid groups (broad SMARTS) is 1. The summed E-state index contributed by atoms with van der Waals surface area (Å²) in [5, 5.41) is 14.5. The van der Waals surface area contributed by atoms with Gasteiger partial charge in [-0.1, -0.05) is 11.6 Å². The molecule has 0 saturated carbocycles. The minimum absolute atomic E-state index is 0.00890. The Morgan fingerprint density at radius 1 is 1.40 bits per heavy atom. The number of hydrogen-bond donors (Lipinski definition) is 3. The summed E-state index contributed by atoms with van der Waals surface area (Å²) in [5.74, 6) is -0.893. The van der Waals surface area contributed by atoms with E-state index in [1.165, 1.54) is 12.4 Å². The van der Waals surface area contributed by atoms with Crippen LogP contribution in [0, 0.1) is 6.92 Å². The Balaban J connectivity index is 2.63. The number of carboxylic acids is 1. The van der Waals surface area contributed by atoms with Gasteiger partial charge in [0.25, 0.3) is 0 Å². The second-order valence-electron chi connectivity index (χ2n) is 5.15. The summed E-state index contributed by atoms with van der Waals surface area (Å²) in [4.78, 5) is 26.4. The molecule has 0 saturated heterocycles. The van der Waals surface area contributed by atoms with Crippen molar-refractivity contribution < 1.29 is 14.7 Å². The van der Waals surface area contributed by atoms with E-state index in [0.717, 1.165) is 5.56 Å². The zero-order valence-electron chi connectivity index (χ0n) is 11.7. The number of amides is 2. The molecule has 0 atom stereocenters. The lowest BCUT2D eigenvalue weighted by atomic mass is 9.99. The van der Waals surface area contributed by atoms with Crippen molar-refractivity contribution in [3.63, 3.8) is 0 Å². The average molecular weight is 300 g/mol. The van der Waals surface area contributed by atoms with Crippen LogP contribution in [0.15, 0.2) is 12.4 Å². The minimum atomic E-state index is -0.893. The first-order valence-corrected chi connectivity index (χ1v) is 6.50. The fourth-order valence-corrected chi connectivity index (χ4v) is 1.73. The molecular weight excluding hydrogens is 282 g/mol. The van der Waals surface area contributed by atoms with Gasteiger partial charge in [0.15, 0.2) is 0 Å². The van der Waals surface area contributed by atoms with Crippen molar-refractivity contribution in [2.24, 2.45) is 0 Å². The molecule has 6 nitrogen and oxygen atoms in total. The Labute approximate surface area is 122 Å². The number of carbonyl (C=O) groups excluding carboxylic acids is 1. The number of aliphatic carboxylic acids is 1. The Morgan fingerprint density at radius 3 is 2.65 bits per heavy atom. The van der Waals surface area contributed by atoms with E-state index in [9.17, 15) is 9.59 Å². The van der Waals surface area contributed by atoms with Gasteiger partial charge in [-0.2, -0.15) is 0 Å². The largest absolute Gasteiger partial charge is 0.481 e. The van der Waals surface area contributed by atoms with Crippen LogP contribution in [0.5, 0.6) is 0 Å². The monoisotopic (exact) mass is 299 g/mol. The maximum atomic E-state index is 11.9. The highest BCUT2D eigenvalue weighted by Gasteiger charge is 2.21. The van der Waals surface area contributed by atoms with Crippen molar-refractivity contribution in [1.82, 2.24) is 10.3 Å². The summed E-state index contributed by atoms with van der Waals surface area (Å²) < 4.78 is 0. The molecular formula is C13H18ClN3O3. The van der Waals surface area contributed by atoms with E-state index >= 15 is 0 Å². The number of urea groups is 1. The zero-order valence-corrected chi connectivity index (χ0v) is 12.4. The topological polar surface area (TPSA) is 91.3 Å². The first-order valence-electron chi connectivity index (χ1n) is 6.12. The van der Waals surface area contributed by atoms with Crippen LogP contribution in [0.3, 0.4) is 0 Å². The molecule has 0 aliphatic carbocycles. The summed E-state index contributed by atoms with van der Waals surface area (Å²) >= 11 is 5.92. The van der Waals surface area contributed by atoms with Crippen molar-refractivity contribution in [3.8, 4) is 0 Å². The van der Waals surface area contributed by atoms with Gasteiger partial charge in [-0.05, 0) is 32.8 Å². The third kappa shape index (κ3) is 5.05. The van der Waals surface area contributed by atoms with E-state index < -0.39 is 17.5 Å². The number of nitrogens with zero attached hydrogens (tertiary/aromatic N) is 1. The summed E-state index contributed by atoms with van der Waals surface area (Å²) in [6, 6.07) is -0.424. The number of pyridine rings is 1. The molecule has 0 unspecified atom stereocenters. The molecule has 0 radical (unpaired) electrons. The molecule has 0 spiro atoms.